The number of alkyl carbamates (subject to hydrolysis) is 1. The predicted molar refractivity (Wildman–Crippen MR) is 76.5 cm³/mol. The number of pyridine rings is 1. The van der Waals surface area contributed by atoms with E-state index in [1.165, 1.54) is 13.2 Å². The molecule has 8 heteroatoms. The van der Waals surface area contributed by atoms with Gasteiger partial charge in [-0.1, -0.05) is 6.07 Å². The molecule has 22 heavy (non-hydrogen) atoms. The van der Waals surface area contributed by atoms with E-state index >= 15 is 0 Å². The van der Waals surface area contributed by atoms with Gasteiger partial charge in [0.2, 0.25) is 5.88 Å². The number of nitrogens with zero attached hydrogens (tertiary/aromatic N) is 1. The number of carbonyl (C=O) groups excluding carboxylic acids is 1. The number of carboxylic acid groups (broad SMARTS) is 1. The van der Waals surface area contributed by atoms with Crippen molar-refractivity contribution in [1.82, 2.24) is 10.3 Å². The van der Waals surface area contributed by atoms with E-state index in [-0.39, 0.29) is 11.6 Å². The molecule has 122 valence electrons. The highest BCUT2D eigenvalue weighted by Crippen LogP contribution is 2.18. The summed E-state index contributed by atoms with van der Waals surface area (Å²) in [6.45, 7) is 4.92. The van der Waals surface area contributed by atoms with Crippen LogP contribution in [0.2, 0.25) is 0 Å². The number of ether oxygens (including phenoxy) is 2. The quantitative estimate of drug-likeness (QED) is 0.745. The third kappa shape index (κ3) is 5.21. The van der Waals surface area contributed by atoms with Gasteiger partial charge >= 0.3 is 12.1 Å². The third-order valence-electron chi connectivity index (χ3n) is 2.51. The van der Waals surface area contributed by atoms with Crippen molar-refractivity contribution >= 4 is 12.1 Å². The van der Waals surface area contributed by atoms with Crippen molar-refractivity contribution in [2.24, 2.45) is 0 Å². The van der Waals surface area contributed by atoms with Gasteiger partial charge in [-0.25, -0.2) is 14.6 Å². The standard InChI is InChI=1S/C14H20N2O6/c1-14(2,3)22-13(20)16-10(12(18)19)11(17)8-6-5-7-9(15-8)21-4/h5-7,10-11,17H,1-4H3,(H,16,20)(H,18,19)/t10-,11-/m1/s1. The van der Waals surface area contributed by atoms with E-state index in [1.54, 1.807) is 32.9 Å². The molecule has 0 saturated carbocycles. The minimum atomic E-state index is -1.60. The molecule has 0 saturated heterocycles. The molecular weight excluding hydrogens is 292 g/mol. The Morgan fingerprint density at radius 1 is 1.32 bits per heavy atom. The third-order valence-corrected chi connectivity index (χ3v) is 2.51. The SMILES string of the molecule is COc1cccc([C@@H](O)[C@@H](NC(=O)OC(C)(C)C)C(=O)O)n1. The summed E-state index contributed by atoms with van der Waals surface area (Å²) >= 11 is 0. The maximum absolute atomic E-state index is 11.7. The van der Waals surface area contributed by atoms with Crippen molar-refractivity contribution in [2.45, 2.75) is 38.5 Å². The number of hydrogen-bond acceptors (Lipinski definition) is 6. The van der Waals surface area contributed by atoms with Gasteiger partial charge in [0, 0.05) is 6.07 Å². The number of hydrogen-bond donors (Lipinski definition) is 3. The summed E-state index contributed by atoms with van der Waals surface area (Å²) < 4.78 is 9.89. The Bertz CT molecular complexity index is 540. The molecule has 1 aromatic rings. The first kappa shape index (κ1) is 17.7. The lowest BCUT2D eigenvalue weighted by Gasteiger charge is -2.24. The number of aromatic nitrogens is 1. The van der Waals surface area contributed by atoms with E-state index in [0.29, 0.717) is 0 Å². The highest BCUT2D eigenvalue weighted by Gasteiger charge is 2.32. The molecule has 1 aromatic heterocycles. The Labute approximate surface area is 128 Å². The molecule has 0 spiro atoms. The molecule has 0 aliphatic heterocycles. The largest absolute Gasteiger partial charge is 0.481 e. The number of rotatable bonds is 5. The number of carbonyl (C=O) groups is 2. The van der Waals surface area contributed by atoms with Crippen LogP contribution in [0.3, 0.4) is 0 Å². The van der Waals surface area contributed by atoms with Gasteiger partial charge in [-0.3, -0.25) is 0 Å². The maximum atomic E-state index is 11.7. The van der Waals surface area contributed by atoms with E-state index in [9.17, 15) is 19.8 Å². The number of aliphatic hydroxyl groups is 1. The van der Waals surface area contributed by atoms with Gasteiger partial charge in [-0.05, 0) is 26.8 Å². The zero-order chi connectivity index (χ0) is 16.9. The number of nitrogens with one attached hydrogen (secondary N) is 1. The maximum Gasteiger partial charge on any atom is 0.408 e. The molecule has 0 radical (unpaired) electrons. The van der Waals surface area contributed by atoms with E-state index < -0.39 is 29.8 Å². The van der Waals surface area contributed by atoms with Crippen LogP contribution < -0.4 is 10.1 Å². The van der Waals surface area contributed by atoms with Crippen molar-refractivity contribution in [1.29, 1.82) is 0 Å². The Morgan fingerprint density at radius 2 is 1.95 bits per heavy atom. The number of aliphatic carboxylic acids is 1. The molecule has 3 N–H and O–H groups in total. The van der Waals surface area contributed by atoms with E-state index in [1.807, 2.05) is 0 Å². The fourth-order valence-electron chi connectivity index (χ4n) is 1.59. The molecule has 0 aliphatic rings. The number of carboxylic acids is 1. The Balaban J connectivity index is 2.90. The van der Waals surface area contributed by atoms with Crippen molar-refractivity contribution < 1.29 is 29.3 Å². The van der Waals surface area contributed by atoms with Gasteiger partial charge in [0.15, 0.2) is 6.04 Å². The fraction of sp³-hybridized carbons (Fsp3) is 0.500. The van der Waals surface area contributed by atoms with Crippen LogP contribution in [0.5, 0.6) is 5.88 Å². The highest BCUT2D eigenvalue weighted by atomic mass is 16.6. The van der Waals surface area contributed by atoms with E-state index in [4.69, 9.17) is 9.47 Å². The summed E-state index contributed by atoms with van der Waals surface area (Å²) in [4.78, 5) is 26.9. The van der Waals surface area contributed by atoms with E-state index in [2.05, 4.69) is 10.3 Å². The van der Waals surface area contributed by atoms with Gasteiger partial charge in [0.1, 0.15) is 11.7 Å². The van der Waals surface area contributed by atoms with Gasteiger partial charge in [-0.15, -0.1) is 0 Å². The normalized spacial score (nSPS) is 13.9. The summed E-state index contributed by atoms with van der Waals surface area (Å²) in [6, 6.07) is 2.93. The molecule has 0 aromatic carbocycles. The summed E-state index contributed by atoms with van der Waals surface area (Å²) in [5.41, 5.74) is -0.727. The second kappa shape index (κ2) is 7.08. The van der Waals surface area contributed by atoms with Crippen molar-refractivity contribution in [3.63, 3.8) is 0 Å². The van der Waals surface area contributed by atoms with Crippen LogP contribution in [0, 0.1) is 0 Å². The molecule has 0 unspecified atom stereocenters. The van der Waals surface area contributed by atoms with Crippen LogP contribution in [0.4, 0.5) is 4.79 Å². The highest BCUT2D eigenvalue weighted by molar-refractivity contribution is 5.80. The lowest BCUT2D eigenvalue weighted by molar-refractivity contribution is -0.142. The minimum absolute atomic E-state index is 0.0582. The van der Waals surface area contributed by atoms with Crippen LogP contribution in [-0.2, 0) is 9.53 Å². The first-order chi connectivity index (χ1) is 10.1. The van der Waals surface area contributed by atoms with Crippen molar-refractivity contribution in [3.05, 3.63) is 23.9 Å². The Hall–Kier alpha value is -2.35. The summed E-state index contributed by atoms with van der Waals surface area (Å²) in [5.74, 6) is -1.19. The summed E-state index contributed by atoms with van der Waals surface area (Å²) in [5, 5.41) is 21.5. The van der Waals surface area contributed by atoms with Gasteiger partial charge < -0.3 is 25.0 Å². The lowest BCUT2D eigenvalue weighted by Crippen LogP contribution is -2.47. The molecular formula is C14H20N2O6. The van der Waals surface area contributed by atoms with Crippen molar-refractivity contribution in [3.8, 4) is 5.88 Å². The van der Waals surface area contributed by atoms with Gasteiger partial charge in [0.25, 0.3) is 0 Å². The summed E-state index contributed by atoms with van der Waals surface area (Å²) in [6.07, 6.45) is -2.50. The average Bonchev–Trinajstić information content (AvgIpc) is 2.42. The first-order valence-corrected chi connectivity index (χ1v) is 6.55. The monoisotopic (exact) mass is 312 g/mol. The smallest absolute Gasteiger partial charge is 0.408 e. The Morgan fingerprint density at radius 3 is 2.45 bits per heavy atom. The first-order valence-electron chi connectivity index (χ1n) is 6.55. The zero-order valence-electron chi connectivity index (χ0n) is 12.9. The van der Waals surface area contributed by atoms with Crippen LogP contribution in [-0.4, -0.2) is 46.0 Å². The van der Waals surface area contributed by atoms with Crippen LogP contribution >= 0.6 is 0 Å². The zero-order valence-corrected chi connectivity index (χ0v) is 12.9. The molecule has 2 atom stereocenters. The lowest BCUT2D eigenvalue weighted by atomic mass is 10.1. The van der Waals surface area contributed by atoms with Crippen LogP contribution in [0.1, 0.15) is 32.6 Å². The molecule has 0 aliphatic carbocycles. The molecule has 8 nitrogen and oxygen atoms in total. The molecule has 0 bridgehead atoms. The second-order valence-corrected chi connectivity index (χ2v) is 5.51. The molecule has 0 fully saturated rings. The van der Waals surface area contributed by atoms with Crippen LogP contribution in [0.25, 0.3) is 0 Å². The topological polar surface area (TPSA) is 118 Å². The summed E-state index contributed by atoms with van der Waals surface area (Å²) in [7, 11) is 1.39. The molecule has 1 heterocycles. The number of methoxy groups -OCH3 is 1. The van der Waals surface area contributed by atoms with Gasteiger partial charge in [0.05, 0.1) is 12.8 Å². The number of aliphatic hydroxyl groups excluding tert-OH is 1. The van der Waals surface area contributed by atoms with Crippen LogP contribution in [0.15, 0.2) is 18.2 Å². The average molecular weight is 312 g/mol. The van der Waals surface area contributed by atoms with Crippen molar-refractivity contribution in [2.75, 3.05) is 7.11 Å². The second-order valence-electron chi connectivity index (χ2n) is 5.51. The molecule has 1 amide bonds. The predicted octanol–water partition coefficient (Wildman–Crippen LogP) is 1.10. The van der Waals surface area contributed by atoms with E-state index in [0.717, 1.165) is 0 Å². The van der Waals surface area contributed by atoms with Gasteiger partial charge in [-0.2, -0.15) is 0 Å². The minimum Gasteiger partial charge on any atom is -0.481 e. The number of amides is 1. The Kier molecular flexibility index (Phi) is 5.69. The molecule has 1 rings (SSSR count). The fourth-order valence-corrected chi connectivity index (χ4v) is 1.59.